The number of hydrogen-bond donors (Lipinski definition) is 2. The summed E-state index contributed by atoms with van der Waals surface area (Å²) >= 11 is 4.48. The molecule has 23 heavy (non-hydrogen) atoms. The fourth-order valence-corrected chi connectivity index (χ4v) is 3.11. The van der Waals surface area contributed by atoms with Gasteiger partial charge in [-0.2, -0.15) is 0 Å². The van der Waals surface area contributed by atoms with Crippen LogP contribution in [0.25, 0.3) is 6.08 Å². The van der Waals surface area contributed by atoms with Crippen molar-refractivity contribution in [1.82, 2.24) is 5.32 Å². The highest BCUT2D eigenvalue weighted by Crippen LogP contribution is 2.31. The molecule has 7 heteroatoms. The Morgan fingerprint density at radius 1 is 1.22 bits per heavy atom. The molecule has 1 fully saturated rings. The van der Waals surface area contributed by atoms with Crippen LogP contribution in [-0.4, -0.2) is 16.2 Å². The monoisotopic (exact) mass is 392 g/mol. The summed E-state index contributed by atoms with van der Waals surface area (Å²) in [6.45, 7) is 0. The zero-order valence-electron chi connectivity index (χ0n) is 11.6. The van der Waals surface area contributed by atoms with Gasteiger partial charge < -0.3 is 10.4 Å². The number of benzene rings is 2. The van der Waals surface area contributed by atoms with Gasteiger partial charge in [-0.1, -0.05) is 15.9 Å². The van der Waals surface area contributed by atoms with E-state index in [0.29, 0.717) is 21.3 Å². The summed E-state index contributed by atoms with van der Waals surface area (Å²) < 4.78 is 13.7. The van der Waals surface area contributed by atoms with Crippen LogP contribution in [0.1, 0.15) is 5.56 Å². The third-order valence-corrected chi connectivity index (χ3v) is 4.39. The Balaban J connectivity index is 1.86. The van der Waals surface area contributed by atoms with Gasteiger partial charge in [-0.25, -0.2) is 9.38 Å². The average Bonchev–Trinajstić information content (AvgIpc) is 2.85. The lowest BCUT2D eigenvalue weighted by molar-refractivity contribution is -0.115. The van der Waals surface area contributed by atoms with Crippen LogP contribution in [0.2, 0.25) is 0 Å². The Kier molecular flexibility index (Phi) is 4.49. The van der Waals surface area contributed by atoms with Crippen molar-refractivity contribution in [2.75, 3.05) is 0 Å². The number of halogens is 2. The highest BCUT2D eigenvalue weighted by molar-refractivity contribution is 9.10. The third-order valence-electron chi connectivity index (χ3n) is 2.98. The van der Waals surface area contributed by atoms with Crippen LogP contribution in [0.3, 0.4) is 0 Å². The zero-order chi connectivity index (χ0) is 16.4. The lowest BCUT2D eigenvalue weighted by atomic mass is 10.2. The minimum Gasteiger partial charge on any atom is -0.507 e. The van der Waals surface area contributed by atoms with Crippen molar-refractivity contribution < 1.29 is 14.3 Å². The first-order chi connectivity index (χ1) is 11.0. The second-order valence-corrected chi connectivity index (χ2v) is 6.61. The summed E-state index contributed by atoms with van der Waals surface area (Å²) in [7, 11) is 0. The number of aromatic hydroxyl groups is 1. The number of phenols is 1. The van der Waals surface area contributed by atoms with Crippen molar-refractivity contribution in [2.24, 2.45) is 4.99 Å². The third kappa shape index (κ3) is 3.80. The van der Waals surface area contributed by atoms with E-state index in [1.54, 1.807) is 24.3 Å². The van der Waals surface area contributed by atoms with E-state index in [2.05, 4.69) is 26.2 Å². The van der Waals surface area contributed by atoms with Crippen molar-refractivity contribution >= 4 is 50.5 Å². The van der Waals surface area contributed by atoms with E-state index in [0.717, 1.165) is 16.2 Å². The largest absolute Gasteiger partial charge is 0.507 e. The Labute approximate surface area is 144 Å². The molecular formula is C16H10BrFN2O2S. The van der Waals surface area contributed by atoms with Crippen LogP contribution in [0, 0.1) is 5.82 Å². The number of nitrogens with zero attached hydrogens (tertiary/aromatic N) is 1. The van der Waals surface area contributed by atoms with Crippen molar-refractivity contribution in [1.29, 1.82) is 0 Å². The van der Waals surface area contributed by atoms with Gasteiger partial charge >= 0.3 is 0 Å². The Hall–Kier alpha value is -2.12. The number of phenolic OH excluding ortho intramolecular Hbond substituents is 1. The average molecular weight is 393 g/mol. The molecule has 1 heterocycles. The van der Waals surface area contributed by atoms with Gasteiger partial charge in [0.25, 0.3) is 5.91 Å². The number of carbonyl (C=O) groups excluding carboxylic acids is 1. The summed E-state index contributed by atoms with van der Waals surface area (Å²) in [4.78, 5) is 16.7. The molecule has 0 aliphatic carbocycles. The summed E-state index contributed by atoms with van der Waals surface area (Å²) in [5.41, 5.74) is 1.07. The Bertz CT molecular complexity index is 834. The van der Waals surface area contributed by atoms with Crippen LogP contribution in [-0.2, 0) is 4.79 Å². The van der Waals surface area contributed by atoms with Gasteiger partial charge in [-0.3, -0.25) is 4.79 Å². The molecule has 4 nitrogen and oxygen atoms in total. The van der Waals surface area contributed by atoms with E-state index in [4.69, 9.17) is 0 Å². The minimum absolute atomic E-state index is 0.0815. The normalized spacial score (nSPS) is 17.7. The molecule has 116 valence electrons. The molecule has 1 aliphatic heterocycles. The first-order valence-corrected chi connectivity index (χ1v) is 8.16. The maximum Gasteiger partial charge on any atom is 0.264 e. The molecule has 2 aromatic carbocycles. The number of nitrogens with one attached hydrogen (secondary N) is 1. The first kappa shape index (κ1) is 15.8. The lowest BCUT2D eigenvalue weighted by Crippen LogP contribution is -2.19. The molecule has 2 aromatic rings. The molecule has 1 amide bonds. The van der Waals surface area contributed by atoms with E-state index >= 15 is 0 Å². The van der Waals surface area contributed by atoms with Crippen LogP contribution in [0.15, 0.2) is 56.8 Å². The predicted molar refractivity (Wildman–Crippen MR) is 93.0 cm³/mol. The topological polar surface area (TPSA) is 61.7 Å². The molecule has 0 unspecified atom stereocenters. The molecular weight excluding hydrogens is 383 g/mol. The molecule has 1 aliphatic rings. The molecule has 0 spiro atoms. The molecule has 0 saturated carbocycles. The molecule has 0 radical (unpaired) electrons. The van der Waals surface area contributed by atoms with E-state index < -0.39 is 0 Å². The van der Waals surface area contributed by atoms with Gasteiger partial charge in [0.15, 0.2) is 5.17 Å². The van der Waals surface area contributed by atoms with Gasteiger partial charge in [-0.15, -0.1) is 0 Å². The van der Waals surface area contributed by atoms with Gasteiger partial charge in [0.05, 0.1) is 10.6 Å². The van der Waals surface area contributed by atoms with Crippen molar-refractivity contribution in [3.8, 4) is 5.75 Å². The summed E-state index contributed by atoms with van der Waals surface area (Å²) in [5, 5.41) is 12.9. The Morgan fingerprint density at radius 3 is 2.70 bits per heavy atom. The Morgan fingerprint density at radius 2 is 1.96 bits per heavy atom. The molecule has 1 saturated heterocycles. The smallest absolute Gasteiger partial charge is 0.264 e. The van der Waals surface area contributed by atoms with E-state index in [1.807, 2.05) is 0 Å². The van der Waals surface area contributed by atoms with Crippen LogP contribution in [0.5, 0.6) is 5.75 Å². The molecule has 3 rings (SSSR count). The maximum atomic E-state index is 12.9. The van der Waals surface area contributed by atoms with E-state index in [9.17, 15) is 14.3 Å². The van der Waals surface area contributed by atoms with Crippen molar-refractivity contribution in [3.63, 3.8) is 0 Å². The maximum absolute atomic E-state index is 12.9. The second kappa shape index (κ2) is 6.55. The quantitative estimate of drug-likeness (QED) is 0.753. The fraction of sp³-hybridized carbons (Fsp3) is 0. The molecule has 0 aromatic heterocycles. The van der Waals surface area contributed by atoms with Gasteiger partial charge in [0.2, 0.25) is 0 Å². The zero-order valence-corrected chi connectivity index (χ0v) is 14.0. The van der Waals surface area contributed by atoms with Gasteiger partial charge in [0, 0.05) is 10.0 Å². The van der Waals surface area contributed by atoms with E-state index in [-0.39, 0.29) is 17.5 Å². The number of amides is 1. The summed E-state index contributed by atoms with van der Waals surface area (Å²) in [6.07, 6.45) is 1.59. The molecule has 0 atom stereocenters. The van der Waals surface area contributed by atoms with Gasteiger partial charge in [0.1, 0.15) is 11.6 Å². The lowest BCUT2D eigenvalue weighted by Gasteiger charge is -2.00. The van der Waals surface area contributed by atoms with Crippen molar-refractivity contribution in [2.45, 2.75) is 0 Å². The predicted octanol–water partition coefficient (Wildman–Crippen LogP) is 4.19. The van der Waals surface area contributed by atoms with Crippen LogP contribution < -0.4 is 5.32 Å². The van der Waals surface area contributed by atoms with Crippen LogP contribution in [0.4, 0.5) is 10.1 Å². The van der Waals surface area contributed by atoms with Crippen molar-refractivity contribution in [3.05, 3.63) is 63.2 Å². The molecule has 0 bridgehead atoms. The fourth-order valence-electron chi connectivity index (χ4n) is 1.90. The van der Waals surface area contributed by atoms with Crippen LogP contribution >= 0.6 is 27.7 Å². The summed E-state index contributed by atoms with van der Waals surface area (Å²) in [5.74, 6) is -0.559. The highest BCUT2D eigenvalue weighted by atomic mass is 79.9. The number of aliphatic imine (C=N–C) groups is 1. The second-order valence-electron chi connectivity index (χ2n) is 4.66. The highest BCUT2D eigenvalue weighted by Gasteiger charge is 2.24. The first-order valence-electron chi connectivity index (χ1n) is 6.55. The van der Waals surface area contributed by atoms with E-state index in [1.165, 1.54) is 24.3 Å². The number of hydrogen-bond acceptors (Lipinski definition) is 4. The number of amidine groups is 1. The number of carbonyl (C=O) groups is 1. The number of rotatable bonds is 2. The van der Waals surface area contributed by atoms with Gasteiger partial charge in [-0.05, 0) is 60.3 Å². The summed E-state index contributed by atoms with van der Waals surface area (Å²) in [6, 6.07) is 10.6. The standard InChI is InChI=1S/C16H10BrFN2O2S/c17-10-1-6-13(21)9(7-10)8-14-15(22)20-16(23-14)19-12-4-2-11(18)3-5-12/h1-8,21H,(H,19,20,22)/b14-8+. The molecule has 2 N–H and O–H groups in total. The number of thioether (sulfide) groups is 1. The minimum atomic E-state index is -0.345. The SMILES string of the molecule is O=C1NC(=Nc2ccc(F)cc2)S/C1=C/c1cc(Br)ccc1O.